The minimum absolute atomic E-state index is 0.000949. The summed E-state index contributed by atoms with van der Waals surface area (Å²) in [6.07, 6.45) is 0. The minimum atomic E-state index is -0.219. The van der Waals surface area contributed by atoms with Crippen LogP contribution in [0, 0.1) is 0 Å². The van der Waals surface area contributed by atoms with Crippen LogP contribution in [-0.4, -0.2) is 0 Å². The van der Waals surface area contributed by atoms with Crippen LogP contribution in [0.5, 0.6) is 0 Å². The van der Waals surface area contributed by atoms with Gasteiger partial charge in [-0.1, -0.05) is 563 Å². The first-order chi connectivity index (χ1) is 59.9. The van der Waals surface area contributed by atoms with Gasteiger partial charge in [0.15, 0.2) is 0 Å². The van der Waals surface area contributed by atoms with Gasteiger partial charge in [-0.15, -0.1) is 0 Å². The minimum Gasteiger partial charge on any atom is -0.0617 e. The smallest absolute Gasteiger partial charge is 0.0617 e. The van der Waals surface area contributed by atoms with Crippen molar-refractivity contribution in [2.45, 2.75) is 550 Å². The van der Waals surface area contributed by atoms with Crippen LogP contribution in [0.25, 0.3) is 0 Å². The van der Waals surface area contributed by atoms with Crippen molar-refractivity contribution in [2.24, 2.45) is 0 Å². The molecule has 7 aromatic carbocycles. The van der Waals surface area contributed by atoms with E-state index >= 15 is 0 Å². The van der Waals surface area contributed by atoms with Crippen LogP contribution in [0.3, 0.4) is 0 Å². The Balaban J connectivity index is 0.000000805. The predicted octanol–water partition coefficient (Wildman–Crippen LogP) is 39.1. The second-order valence-electron chi connectivity index (χ2n) is 58.4. The third kappa shape index (κ3) is 34.3. The Morgan fingerprint density at radius 1 is 0.111 bits per heavy atom. The molecule has 0 spiro atoms. The van der Waals surface area contributed by atoms with Crippen molar-refractivity contribution in [1.29, 1.82) is 0 Å². The maximum Gasteiger partial charge on any atom is 0.0626 e. The highest BCUT2D eigenvalue weighted by molar-refractivity contribution is 5.53. The van der Waals surface area contributed by atoms with Gasteiger partial charge in [0.25, 0.3) is 0 Å². The van der Waals surface area contributed by atoms with E-state index in [1.54, 1.807) is 6.07 Å². The molecular weight excluding hydrogens is 1510 g/mol. The second kappa shape index (κ2) is 40.2. The highest BCUT2D eigenvalue weighted by atomic mass is 14.4. The van der Waals surface area contributed by atoms with E-state index in [1.165, 1.54) is 77.9 Å². The van der Waals surface area contributed by atoms with Crippen LogP contribution < -0.4 is 0 Å². The monoisotopic (exact) mass is 1740 g/mol. The summed E-state index contributed by atoms with van der Waals surface area (Å²) in [5, 5.41) is 0. The lowest BCUT2D eigenvalue weighted by Gasteiger charge is -2.36. The lowest BCUT2D eigenvalue weighted by Crippen LogP contribution is -2.27. The molecule has 0 saturated carbocycles. The van der Waals surface area contributed by atoms with Crippen LogP contribution >= 0.6 is 0 Å². The summed E-state index contributed by atoms with van der Waals surface area (Å²) in [5.41, 5.74) is 24.5. The van der Waals surface area contributed by atoms with Crippen LogP contribution in [0.1, 0.15) is 569 Å². The average molecular weight is 1740 g/mol. The van der Waals surface area contributed by atoms with E-state index < -0.39 is 0 Å². The quantitative estimate of drug-likeness (QED) is 0.142. The largest absolute Gasteiger partial charge is 0.0626 e. The number of benzene rings is 7. The molecule has 0 heteroatoms. The molecule has 0 aromatic heterocycles. The van der Waals surface area contributed by atoms with E-state index in [2.05, 4.69) is 460 Å². The zero-order valence-electron chi connectivity index (χ0n) is 107. The molecule has 0 radical (unpaired) electrons. The first-order valence-electron chi connectivity index (χ1n) is 54.0. The van der Waals surface area contributed by atoms with E-state index in [0.717, 1.165) is 38.9 Å². The topological polar surface area (TPSA) is 0 Å². The van der Waals surface area contributed by atoms with Gasteiger partial charge in [0, 0.05) is 0 Å². The van der Waals surface area contributed by atoms with Gasteiger partial charge in [-0.05, 0) is 231 Å². The average Bonchev–Trinajstić information content (AvgIpc) is 0.740. The molecule has 7 rings (SSSR count). The molecule has 7 aromatic rings. The molecule has 0 N–H and O–H groups in total. The molecule has 0 aliphatic rings. The van der Waals surface area contributed by atoms with Gasteiger partial charge in [-0.25, -0.2) is 0 Å². The SMILES string of the molecule is [2H]c1c([2H])c(C(C)(C)C)c(C(C)(C)C)c(C(C)(C)C)c1[2H].[2H]c1cc(C(C)(C)C)c(C(C)(C)C)c(C(C)(C)C)c1.[2H]c1cc(C(C)(C)C)c(C(C)(C)C)c(C(C)(C)C)c1[2H].[2H]c1cc(C(C)(C)C)c(C(C)(C)C)c(C(C)(C)C)c1[2H].[2H]c1cc([2H])c(C(C)(C)C)c(C(C)(C)C)c1C(C)(C)C.[2H]c1ccc(C(C)(C)C)c(C(C)(C)C)c1C(C)(C)C.[2H]c1ccc(C(C)(C)C)c(C(C)(C)C)c1C(C)(C)C. The zero-order valence-corrected chi connectivity index (χ0v) is 95.2. The Labute approximate surface area is 805 Å². The Kier molecular flexibility index (Phi) is 31.2. The van der Waals surface area contributed by atoms with Crippen molar-refractivity contribution < 1.29 is 16.4 Å². The molecule has 0 heterocycles. The zero-order chi connectivity index (χ0) is 111. The summed E-state index contributed by atoms with van der Waals surface area (Å²) in [5.74, 6) is 0. The van der Waals surface area contributed by atoms with Crippen molar-refractivity contribution in [3.8, 4) is 0 Å². The third-order valence-electron chi connectivity index (χ3n) is 22.8. The Morgan fingerprint density at radius 2 is 0.222 bits per heavy atom. The summed E-state index contributed by atoms with van der Waals surface area (Å²) >= 11 is 0. The van der Waals surface area contributed by atoms with Gasteiger partial charge in [0.05, 0.1) is 16.4 Å². The van der Waals surface area contributed by atoms with Crippen molar-refractivity contribution in [1.82, 2.24) is 0 Å². The maximum atomic E-state index is 8.41. The van der Waals surface area contributed by atoms with E-state index in [-0.39, 0.29) is 132 Å². The molecule has 0 fully saturated rings. The fourth-order valence-electron chi connectivity index (χ4n) is 16.9. The van der Waals surface area contributed by atoms with Gasteiger partial charge in [-0.2, -0.15) is 0 Å². The van der Waals surface area contributed by atoms with Gasteiger partial charge in [-0.3, -0.25) is 0 Å². The Hall–Kier alpha value is -5.46. The van der Waals surface area contributed by atoms with Gasteiger partial charge < -0.3 is 0 Å². The van der Waals surface area contributed by atoms with Crippen LogP contribution in [-0.2, 0) is 114 Å². The van der Waals surface area contributed by atoms with Gasteiger partial charge in [0.1, 0.15) is 0 Å². The maximum absolute atomic E-state index is 8.41. The van der Waals surface area contributed by atoms with E-state index in [4.69, 9.17) is 16.4 Å². The fourth-order valence-corrected chi connectivity index (χ4v) is 16.9. The lowest BCUT2D eigenvalue weighted by atomic mass is 9.69. The first kappa shape index (κ1) is 98.1. The summed E-state index contributed by atoms with van der Waals surface area (Å²) in [6, 6.07) is 22.8. The summed E-state index contributed by atoms with van der Waals surface area (Å²) < 4.78 is 99.7. The number of rotatable bonds is 0. The molecule has 0 nitrogen and oxygen atoms in total. The molecule has 126 heavy (non-hydrogen) atoms. The third-order valence-corrected chi connectivity index (χ3v) is 22.8. The first-order valence-corrected chi connectivity index (χ1v) is 48.0. The Bertz CT molecular complexity index is 5030. The van der Waals surface area contributed by atoms with E-state index in [0.29, 0.717) is 54.4 Å². The molecule has 0 amide bonds. The fraction of sp³-hybridized carbons (Fsp3) is 0.667. The van der Waals surface area contributed by atoms with Gasteiger partial charge in [0.2, 0.25) is 0 Å². The number of hydrogen-bond donors (Lipinski definition) is 0. The molecule has 714 valence electrons. The lowest BCUT2D eigenvalue weighted by molar-refractivity contribution is 0.498. The summed E-state index contributed by atoms with van der Waals surface area (Å²) in [4.78, 5) is 0. The summed E-state index contributed by atoms with van der Waals surface area (Å²) in [7, 11) is 0. The van der Waals surface area contributed by atoms with Crippen molar-refractivity contribution in [2.75, 3.05) is 0 Å². The molecule has 0 aliphatic heterocycles. The van der Waals surface area contributed by atoms with Crippen molar-refractivity contribution in [3.63, 3.8) is 0 Å². The highest BCUT2D eigenvalue weighted by Gasteiger charge is 2.39. The Morgan fingerprint density at radius 3 is 0.373 bits per heavy atom. The highest BCUT2D eigenvalue weighted by Crippen LogP contribution is 2.49. The van der Waals surface area contributed by atoms with E-state index in [1.807, 2.05) is 24.3 Å². The van der Waals surface area contributed by atoms with Gasteiger partial charge >= 0.3 is 0 Å². The predicted molar refractivity (Wildman–Crippen MR) is 578 cm³/mol. The molecule has 0 aliphatic carbocycles. The normalized spacial score (nSPS) is 15.2. The second-order valence-corrected chi connectivity index (χ2v) is 58.4. The van der Waals surface area contributed by atoms with Crippen molar-refractivity contribution in [3.05, 3.63) is 244 Å². The standard InChI is InChI=1S/7C18H30/c7*1-16(2,3)13-11-10-12-14(17(4,5)6)15(13)18(7,8)9/h7*10-12H,1-9H3/i10D,11D,12D;11D,12D;2*10D,11D;2*11D;10D. The molecular formula is C126H210. The van der Waals surface area contributed by atoms with Crippen LogP contribution in [0.15, 0.2) is 127 Å². The molecule has 0 saturated heterocycles. The molecule has 0 atom stereocenters. The number of hydrogen-bond acceptors (Lipinski definition) is 0. The van der Waals surface area contributed by atoms with Crippen LogP contribution in [0.2, 0.25) is 0 Å². The van der Waals surface area contributed by atoms with E-state index in [9.17, 15) is 0 Å². The van der Waals surface area contributed by atoms with Crippen molar-refractivity contribution >= 4 is 0 Å². The molecule has 0 bridgehead atoms. The summed E-state index contributed by atoms with van der Waals surface area (Å²) in [6.45, 7) is 138. The van der Waals surface area contributed by atoms with Crippen LogP contribution in [0.4, 0.5) is 0 Å². The molecule has 0 unspecified atom stereocenters.